The number of hydrogen-bond acceptors (Lipinski definition) is 4. The van der Waals surface area contributed by atoms with Crippen LogP contribution < -0.4 is 0 Å². The standard InChI is InChI=1S/C11H5F3N2O4/c12-11(13,14)6-3-1-2-5-8(10(17)18)7(16(19)20)4-15-9(5)6/h1-4H,(H,17,18). The first-order chi connectivity index (χ1) is 9.23. The summed E-state index contributed by atoms with van der Waals surface area (Å²) in [5, 5.41) is 19.3. The van der Waals surface area contributed by atoms with E-state index in [0.29, 0.717) is 6.20 Å². The second kappa shape index (κ2) is 4.44. The maximum absolute atomic E-state index is 12.8. The molecule has 1 aromatic heterocycles. The van der Waals surface area contributed by atoms with E-state index in [2.05, 4.69) is 4.98 Å². The normalized spacial score (nSPS) is 11.6. The Morgan fingerprint density at radius 3 is 2.50 bits per heavy atom. The van der Waals surface area contributed by atoms with Crippen molar-refractivity contribution in [1.82, 2.24) is 4.98 Å². The zero-order valence-electron chi connectivity index (χ0n) is 9.51. The maximum atomic E-state index is 12.8. The molecule has 0 atom stereocenters. The van der Waals surface area contributed by atoms with E-state index in [1.54, 1.807) is 0 Å². The van der Waals surface area contributed by atoms with Gasteiger partial charge in [-0.2, -0.15) is 13.2 Å². The zero-order valence-corrected chi connectivity index (χ0v) is 9.51. The summed E-state index contributed by atoms with van der Waals surface area (Å²) in [5.74, 6) is -1.69. The summed E-state index contributed by atoms with van der Waals surface area (Å²) in [7, 11) is 0. The number of aromatic nitrogens is 1. The van der Waals surface area contributed by atoms with E-state index >= 15 is 0 Å². The Morgan fingerprint density at radius 1 is 1.35 bits per heavy atom. The van der Waals surface area contributed by atoms with Gasteiger partial charge < -0.3 is 5.11 Å². The fraction of sp³-hybridized carbons (Fsp3) is 0.0909. The third kappa shape index (κ3) is 2.13. The van der Waals surface area contributed by atoms with Crippen molar-refractivity contribution < 1.29 is 28.0 Å². The van der Waals surface area contributed by atoms with Crippen LogP contribution in [0.2, 0.25) is 0 Å². The number of fused-ring (bicyclic) bond motifs is 1. The molecule has 0 fully saturated rings. The molecule has 0 radical (unpaired) electrons. The van der Waals surface area contributed by atoms with E-state index in [-0.39, 0.29) is 0 Å². The number of pyridine rings is 1. The quantitative estimate of drug-likeness (QED) is 0.676. The van der Waals surface area contributed by atoms with E-state index in [0.717, 1.165) is 18.2 Å². The number of halogens is 3. The van der Waals surface area contributed by atoms with Crippen molar-refractivity contribution in [2.75, 3.05) is 0 Å². The highest BCUT2D eigenvalue weighted by Crippen LogP contribution is 2.36. The molecule has 2 aromatic rings. The molecule has 0 saturated heterocycles. The molecule has 0 spiro atoms. The number of benzene rings is 1. The largest absolute Gasteiger partial charge is 0.477 e. The minimum Gasteiger partial charge on any atom is -0.477 e. The number of rotatable bonds is 2. The average molecular weight is 286 g/mol. The van der Waals surface area contributed by atoms with Crippen molar-refractivity contribution in [1.29, 1.82) is 0 Å². The minimum atomic E-state index is -4.74. The molecular formula is C11H5F3N2O4. The lowest BCUT2D eigenvalue weighted by molar-refractivity contribution is -0.385. The third-order valence-electron chi connectivity index (χ3n) is 2.59. The minimum absolute atomic E-state index is 0.429. The van der Waals surface area contributed by atoms with E-state index in [9.17, 15) is 28.1 Å². The molecule has 1 heterocycles. The van der Waals surface area contributed by atoms with Crippen LogP contribution in [-0.2, 0) is 6.18 Å². The van der Waals surface area contributed by atoms with Gasteiger partial charge >= 0.3 is 17.8 Å². The first kappa shape index (κ1) is 13.7. The van der Waals surface area contributed by atoms with Crippen LogP contribution in [-0.4, -0.2) is 21.0 Å². The number of carboxylic acid groups (broad SMARTS) is 1. The summed E-state index contributed by atoms with van der Waals surface area (Å²) in [5.41, 5.74) is -3.45. The zero-order chi connectivity index (χ0) is 15.1. The smallest absolute Gasteiger partial charge is 0.418 e. The highest BCUT2D eigenvalue weighted by molar-refractivity contribution is 6.06. The first-order valence-corrected chi connectivity index (χ1v) is 5.10. The van der Waals surface area contributed by atoms with Gasteiger partial charge in [0.2, 0.25) is 0 Å². The molecule has 9 heteroatoms. The van der Waals surface area contributed by atoms with Crippen LogP contribution >= 0.6 is 0 Å². The molecule has 0 bridgehead atoms. The lowest BCUT2D eigenvalue weighted by atomic mass is 10.0. The summed E-state index contributed by atoms with van der Waals surface area (Å²) >= 11 is 0. The number of nitrogens with zero attached hydrogens (tertiary/aromatic N) is 2. The number of aromatic carboxylic acids is 1. The van der Waals surface area contributed by atoms with E-state index in [4.69, 9.17) is 5.11 Å². The predicted molar refractivity (Wildman–Crippen MR) is 60.4 cm³/mol. The Labute approximate surface area is 108 Å². The predicted octanol–water partition coefficient (Wildman–Crippen LogP) is 2.86. The van der Waals surface area contributed by atoms with Crippen molar-refractivity contribution in [3.8, 4) is 0 Å². The van der Waals surface area contributed by atoms with Gasteiger partial charge in [0.15, 0.2) is 0 Å². The molecule has 0 unspecified atom stereocenters. The van der Waals surface area contributed by atoms with Gasteiger partial charge in [-0.05, 0) is 6.07 Å². The second-order valence-corrected chi connectivity index (χ2v) is 3.78. The van der Waals surface area contributed by atoms with Crippen molar-refractivity contribution in [2.24, 2.45) is 0 Å². The summed E-state index contributed by atoms with van der Waals surface area (Å²) < 4.78 is 38.4. The fourth-order valence-electron chi connectivity index (χ4n) is 1.80. The summed E-state index contributed by atoms with van der Waals surface area (Å²) in [4.78, 5) is 24.2. The molecule has 20 heavy (non-hydrogen) atoms. The van der Waals surface area contributed by atoms with Gasteiger partial charge in [-0.25, -0.2) is 9.78 Å². The van der Waals surface area contributed by atoms with Crippen LogP contribution in [0.4, 0.5) is 18.9 Å². The van der Waals surface area contributed by atoms with E-state index < -0.39 is 44.8 Å². The van der Waals surface area contributed by atoms with Crippen molar-refractivity contribution in [2.45, 2.75) is 6.18 Å². The van der Waals surface area contributed by atoms with E-state index in [1.807, 2.05) is 0 Å². The molecule has 0 amide bonds. The monoisotopic (exact) mass is 286 g/mol. The SMILES string of the molecule is O=C(O)c1c([N+](=O)[O-])cnc2c(C(F)(F)F)cccc12. The van der Waals surface area contributed by atoms with Crippen molar-refractivity contribution in [3.63, 3.8) is 0 Å². The Bertz CT molecular complexity index is 727. The number of carbonyl (C=O) groups is 1. The molecule has 0 saturated carbocycles. The fourth-order valence-corrected chi connectivity index (χ4v) is 1.80. The van der Waals surface area contributed by atoms with Gasteiger partial charge in [0.1, 0.15) is 11.8 Å². The molecule has 1 aromatic carbocycles. The van der Waals surface area contributed by atoms with Crippen LogP contribution in [0.3, 0.4) is 0 Å². The van der Waals surface area contributed by atoms with Gasteiger partial charge in [-0.15, -0.1) is 0 Å². The third-order valence-corrected chi connectivity index (χ3v) is 2.59. The maximum Gasteiger partial charge on any atom is 0.418 e. The van der Waals surface area contributed by atoms with Gasteiger partial charge in [-0.1, -0.05) is 12.1 Å². The van der Waals surface area contributed by atoms with Gasteiger partial charge in [0.25, 0.3) is 0 Å². The molecular weight excluding hydrogens is 281 g/mol. The van der Waals surface area contributed by atoms with Gasteiger partial charge in [0, 0.05) is 5.39 Å². The number of alkyl halides is 3. The lowest BCUT2D eigenvalue weighted by Gasteiger charge is -2.10. The summed E-state index contributed by atoms with van der Waals surface area (Å²) in [6.07, 6.45) is -4.22. The van der Waals surface area contributed by atoms with Crippen molar-refractivity contribution >= 4 is 22.6 Å². The number of carboxylic acids is 1. The Kier molecular flexibility index (Phi) is 3.04. The van der Waals surface area contributed by atoms with E-state index in [1.165, 1.54) is 0 Å². The lowest BCUT2D eigenvalue weighted by Crippen LogP contribution is -2.10. The molecule has 0 aliphatic heterocycles. The molecule has 0 aliphatic carbocycles. The van der Waals surface area contributed by atoms with Crippen LogP contribution in [0.5, 0.6) is 0 Å². The Morgan fingerprint density at radius 2 is 2.00 bits per heavy atom. The van der Waals surface area contributed by atoms with Crippen LogP contribution in [0.1, 0.15) is 15.9 Å². The Hall–Kier alpha value is -2.71. The van der Waals surface area contributed by atoms with Crippen molar-refractivity contribution in [3.05, 3.63) is 45.6 Å². The molecule has 2 rings (SSSR count). The van der Waals surface area contributed by atoms with Gasteiger partial charge in [0.05, 0.1) is 16.0 Å². The summed E-state index contributed by atoms with van der Waals surface area (Å²) in [6.45, 7) is 0. The number of para-hydroxylation sites is 1. The number of hydrogen-bond donors (Lipinski definition) is 1. The van der Waals surface area contributed by atoms with Gasteiger partial charge in [-0.3, -0.25) is 10.1 Å². The number of nitro groups is 1. The Balaban J connectivity index is 2.93. The molecule has 6 nitrogen and oxygen atoms in total. The molecule has 1 N–H and O–H groups in total. The molecule has 104 valence electrons. The molecule has 0 aliphatic rings. The van der Waals surface area contributed by atoms with Crippen LogP contribution in [0.15, 0.2) is 24.4 Å². The first-order valence-electron chi connectivity index (χ1n) is 5.10. The summed E-state index contributed by atoms with van der Waals surface area (Å²) in [6, 6.07) is 2.75. The topological polar surface area (TPSA) is 93.3 Å². The van der Waals surface area contributed by atoms with Crippen LogP contribution in [0.25, 0.3) is 10.9 Å². The average Bonchev–Trinajstić information content (AvgIpc) is 2.34. The van der Waals surface area contributed by atoms with Crippen LogP contribution in [0, 0.1) is 10.1 Å². The highest BCUT2D eigenvalue weighted by atomic mass is 19.4. The second-order valence-electron chi connectivity index (χ2n) is 3.78. The highest BCUT2D eigenvalue weighted by Gasteiger charge is 2.35.